The van der Waals surface area contributed by atoms with Gasteiger partial charge in [-0.15, -0.1) is 0 Å². The molecule has 3 rings (SSSR count). The topological polar surface area (TPSA) is 23.5 Å². The number of hydrogen-bond donors (Lipinski definition) is 1. The van der Waals surface area contributed by atoms with E-state index in [1.165, 1.54) is 31.2 Å². The number of aliphatic hydroxyl groups excluding tert-OH is 1. The van der Waals surface area contributed by atoms with Crippen LogP contribution in [0.2, 0.25) is 0 Å². The van der Waals surface area contributed by atoms with E-state index in [0.29, 0.717) is 12.1 Å². The maximum Gasteiger partial charge on any atom is 0.0710 e. The lowest BCUT2D eigenvalue weighted by atomic mass is 9.99. The number of benzene rings is 1. The van der Waals surface area contributed by atoms with Crippen molar-refractivity contribution >= 4 is 0 Å². The van der Waals surface area contributed by atoms with Crippen LogP contribution in [-0.2, 0) is 6.54 Å². The molecule has 2 bridgehead atoms. The fraction of sp³-hybridized carbons (Fsp3) is 0.600. The molecule has 2 heteroatoms. The van der Waals surface area contributed by atoms with Crippen LogP contribution in [0.15, 0.2) is 30.3 Å². The summed E-state index contributed by atoms with van der Waals surface area (Å²) in [7, 11) is 0. The summed E-state index contributed by atoms with van der Waals surface area (Å²) in [4.78, 5) is 2.55. The van der Waals surface area contributed by atoms with Gasteiger partial charge >= 0.3 is 0 Å². The smallest absolute Gasteiger partial charge is 0.0710 e. The first-order valence-electron chi connectivity index (χ1n) is 6.82. The SMILES string of the molecule is OC1CC2CCCCC1N2Cc1ccccc1. The number of hydrogen-bond acceptors (Lipinski definition) is 2. The molecular weight excluding hydrogens is 210 g/mol. The molecular formula is C15H21NO. The van der Waals surface area contributed by atoms with E-state index < -0.39 is 0 Å². The van der Waals surface area contributed by atoms with E-state index in [0.717, 1.165) is 13.0 Å². The van der Waals surface area contributed by atoms with Crippen molar-refractivity contribution in [2.45, 2.75) is 56.8 Å². The lowest BCUT2D eigenvalue weighted by Crippen LogP contribution is -2.36. The normalized spacial score (nSPS) is 33.6. The molecule has 92 valence electrons. The molecule has 2 heterocycles. The highest BCUT2D eigenvalue weighted by Gasteiger charge is 2.40. The minimum Gasteiger partial charge on any atom is -0.391 e. The van der Waals surface area contributed by atoms with Gasteiger partial charge in [-0.25, -0.2) is 0 Å². The molecule has 2 saturated heterocycles. The van der Waals surface area contributed by atoms with Gasteiger partial charge in [0.2, 0.25) is 0 Å². The van der Waals surface area contributed by atoms with Gasteiger partial charge in [0.1, 0.15) is 0 Å². The van der Waals surface area contributed by atoms with Gasteiger partial charge in [-0.2, -0.15) is 0 Å². The predicted molar refractivity (Wildman–Crippen MR) is 68.7 cm³/mol. The molecule has 17 heavy (non-hydrogen) atoms. The number of fused-ring (bicyclic) bond motifs is 2. The Balaban J connectivity index is 1.77. The van der Waals surface area contributed by atoms with Crippen molar-refractivity contribution in [1.82, 2.24) is 4.90 Å². The van der Waals surface area contributed by atoms with Gasteiger partial charge in [-0.05, 0) is 24.8 Å². The summed E-state index contributed by atoms with van der Waals surface area (Å²) in [5.74, 6) is 0. The predicted octanol–water partition coefficient (Wildman–Crippen LogP) is 2.56. The summed E-state index contributed by atoms with van der Waals surface area (Å²) in [5.41, 5.74) is 1.37. The Morgan fingerprint density at radius 3 is 2.71 bits per heavy atom. The Bertz CT molecular complexity index is 364. The van der Waals surface area contributed by atoms with E-state index in [2.05, 4.69) is 35.2 Å². The minimum atomic E-state index is -0.0935. The van der Waals surface area contributed by atoms with Crippen molar-refractivity contribution in [3.05, 3.63) is 35.9 Å². The third-order valence-electron chi connectivity index (χ3n) is 4.35. The molecule has 0 amide bonds. The van der Waals surface area contributed by atoms with Gasteiger partial charge < -0.3 is 5.11 Å². The summed E-state index contributed by atoms with van der Waals surface area (Å²) in [6, 6.07) is 11.7. The molecule has 0 saturated carbocycles. The average molecular weight is 231 g/mol. The molecule has 2 fully saturated rings. The standard InChI is InChI=1S/C15H21NO/c17-15-10-13-8-4-5-9-14(15)16(13)11-12-6-2-1-3-7-12/h1-3,6-7,13-15,17H,4-5,8-11H2. The van der Waals surface area contributed by atoms with Gasteiger partial charge in [0, 0.05) is 18.6 Å². The molecule has 2 aliphatic heterocycles. The molecule has 3 unspecified atom stereocenters. The zero-order valence-electron chi connectivity index (χ0n) is 10.3. The summed E-state index contributed by atoms with van der Waals surface area (Å²) >= 11 is 0. The lowest BCUT2D eigenvalue weighted by molar-refractivity contribution is 0.103. The Morgan fingerprint density at radius 2 is 1.88 bits per heavy atom. The first-order valence-corrected chi connectivity index (χ1v) is 6.82. The molecule has 1 aromatic carbocycles. The number of nitrogens with zero attached hydrogens (tertiary/aromatic N) is 1. The molecule has 0 aliphatic carbocycles. The van der Waals surface area contributed by atoms with Gasteiger partial charge in [-0.3, -0.25) is 4.90 Å². The zero-order chi connectivity index (χ0) is 11.7. The number of rotatable bonds is 2. The maximum atomic E-state index is 10.1. The van der Waals surface area contributed by atoms with E-state index in [1.54, 1.807) is 0 Å². The molecule has 2 aliphatic rings. The molecule has 3 atom stereocenters. The van der Waals surface area contributed by atoms with Crippen LogP contribution in [0.1, 0.15) is 37.7 Å². The van der Waals surface area contributed by atoms with Crippen LogP contribution in [0.3, 0.4) is 0 Å². The first kappa shape index (κ1) is 11.2. The van der Waals surface area contributed by atoms with Gasteiger partial charge in [0.05, 0.1) is 6.10 Å². The van der Waals surface area contributed by atoms with Crippen LogP contribution in [0, 0.1) is 0 Å². The molecule has 0 spiro atoms. The van der Waals surface area contributed by atoms with Gasteiger partial charge in [0.15, 0.2) is 0 Å². The molecule has 1 N–H and O–H groups in total. The molecule has 1 aromatic rings. The van der Waals surface area contributed by atoms with E-state index in [9.17, 15) is 5.11 Å². The highest BCUT2D eigenvalue weighted by molar-refractivity contribution is 5.15. The fourth-order valence-corrected chi connectivity index (χ4v) is 3.48. The molecule has 2 nitrogen and oxygen atoms in total. The third kappa shape index (κ3) is 2.24. The lowest BCUT2D eigenvalue weighted by Gasteiger charge is -2.28. The summed E-state index contributed by atoms with van der Waals surface area (Å²) < 4.78 is 0. The van der Waals surface area contributed by atoms with Gasteiger partial charge in [0.25, 0.3) is 0 Å². The van der Waals surface area contributed by atoms with Crippen molar-refractivity contribution in [1.29, 1.82) is 0 Å². The minimum absolute atomic E-state index is 0.0935. The molecule has 0 radical (unpaired) electrons. The van der Waals surface area contributed by atoms with E-state index >= 15 is 0 Å². The van der Waals surface area contributed by atoms with E-state index in [4.69, 9.17) is 0 Å². The Labute approximate surface area is 103 Å². The zero-order valence-corrected chi connectivity index (χ0v) is 10.3. The van der Waals surface area contributed by atoms with Crippen molar-refractivity contribution in [3.8, 4) is 0 Å². The van der Waals surface area contributed by atoms with Crippen LogP contribution in [0.5, 0.6) is 0 Å². The largest absolute Gasteiger partial charge is 0.391 e. The summed E-state index contributed by atoms with van der Waals surface area (Å²) in [5, 5.41) is 10.1. The average Bonchev–Trinajstić information content (AvgIpc) is 2.50. The Hall–Kier alpha value is -0.860. The maximum absolute atomic E-state index is 10.1. The third-order valence-corrected chi connectivity index (χ3v) is 4.35. The quantitative estimate of drug-likeness (QED) is 0.845. The van der Waals surface area contributed by atoms with Crippen LogP contribution >= 0.6 is 0 Å². The van der Waals surface area contributed by atoms with Crippen LogP contribution in [-0.4, -0.2) is 28.2 Å². The highest BCUT2D eigenvalue weighted by atomic mass is 16.3. The fourth-order valence-electron chi connectivity index (χ4n) is 3.48. The number of aliphatic hydroxyl groups is 1. The van der Waals surface area contributed by atoms with E-state index in [1.807, 2.05) is 0 Å². The Morgan fingerprint density at radius 1 is 1.12 bits per heavy atom. The second-order valence-corrected chi connectivity index (χ2v) is 5.47. The summed E-state index contributed by atoms with van der Waals surface area (Å²) in [6.45, 7) is 1.01. The first-order chi connectivity index (χ1) is 8.34. The van der Waals surface area contributed by atoms with Crippen LogP contribution in [0.4, 0.5) is 0 Å². The van der Waals surface area contributed by atoms with Crippen molar-refractivity contribution in [2.24, 2.45) is 0 Å². The van der Waals surface area contributed by atoms with Crippen LogP contribution in [0.25, 0.3) is 0 Å². The highest BCUT2D eigenvalue weighted by Crippen LogP contribution is 2.35. The van der Waals surface area contributed by atoms with Crippen LogP contribution < -0.4 is 0 Å². The van der Waals surface area contributed by atoms with Crippen molar-refractivity contribution in [3.63, 3.8) is 0 Å². The monoisotopic (exact) mass is 231 g/mol. The second-order valence-electron chi connectivity index (χ2n) is 5.47. The van der Waals surface area contributed by atoms with Gasteiger partial charge in [-0.1, -0.05) is 43.2 Å². The Kier molecular flexibility index (Phi) is 3.17. The van der Waals surface area contributed by atoms with E-state index in [-0.39, 0.29) is 6.10 Å². The summed E-state index contributed by atoms with van der Waals surface area (Å²) in [6.07, 6.45) is 5.94. The van der Waals surface area contributed by atoms with Crippen molar-refractivity contribution < 1.29 is 5.11 Å². The van der Waals surface area contributed by atoms with Crippen molar-refractivity contribution in [2.75, 3.05) is 0 Å². The molecule has 0 aromatic heterocycles. The second kappa shape index (κ2) is 4.79.